The van der Waals surface area contributed by atoms with E-state index in [9.17, 15) is 0 Å². The number of hydrogen-bond acceptors (Lipinski definition) is 2. The van der Waals surface area contributed by atoms with Crippen molar-refractivity contribution in [2.24, 2.45) is 7.05 Å². The van der Waals surface area contributed by atoms with Crippen molar-refractivity contribution >= 4 is 22.0 Å². The fraction of sp³-hybridized carbons (Fsp3) is 0.444. The molecule has 3 nitrogen and oxygen atoms in total. The van der Waals surface area contributed by atoms with Crippen LogP contribution in [0, 0.1) is 0 Å². The van der Waals surface area contributed by atoms with Gasteiger partial charge in [-0.2, -0.15) is 5.10 Å². The van der Waals surface area contributed by atoms with Gasteiger partial charge < -0.3 is 5.32 Å². The average Bonchev–Trinajstić information content (AvgIpc) is 2.42. The summed E-state index contributed by atoms with van der Waals surface area (Å²) in [6, 6.07) is 0. The first-order valence-corrected chi connectivity index (χ1v) is 5.03. The summed E-state index contributed by atoms with van der Waals surface area (Å²) in [5, 5.41) is 7.21. The molecule has 1 aromatic heterocycles. The second-order valence-electron chi connectivity index (χ2n) is 2.80. The van der Waals surface area contributed by atoms with E-state index in [1.54, 1.807) is 6.20 Å². The molecule has 72 valence electrons. The molecule has 0 aliphatic rings. The van der Waals surface area contributed by atoms with E-state index in [1.165, 1.54) is 0 Å². The summed E-state index contributed by atoms with van der Waals surface area (Å²) in [5.41, 5.74) is 1.11. The Kier molecular flexibility index (Phi) is 4.18. The lowest BCUT2D eigenvalue weighted by molar-refractivity contribution is 0.758. The van der Waals surface area contributed by atoms with E-state index in [-0.39, 0.29) is 0 Å². The summed E-state index contributed by atoms with van der Waals surface area (Å²) in [4.78, 5) is 0. The van der Waals surface area contributed by atoms with Gasteiger partial charge in [0.25, 0.3) is 0 Å². The first-order valence-electron chi connectivity index (χ1n) is 4.24. The van der Waals surface area contributed by atoms with Crippen molar-refractivity contribution in [1.82, 2.24) is 15.1 Å². The molecule has 0 spiro atoms. The van der Waals surface area contributed by atoms with Crippen LogP contribution in [-0.2, 0) is 7.05 Å². The van der Waals surface area contributed by atoms with Gasteiger partial charge in [0.1, 0.15) is 0 Å². The summed E-state index contributed by atoms with van der Waals surface area (Å²) in [5.74, 6) is 0. The summed E-state index contributed by atoms with van der Waals surface area (Å²) in [7, 11) is 3.89. The number of aromatic nitrogens is 2. The lowest BCUT2D eigenvalue weighted by atomic mass is 10.3. The lowest BCUT2D eigenvalue weighted by Crippen LogP contribution is -2.05. The van der Waals surface area contributed by atoms with Crippen molar-refractivity contribution in [3.05, 3.63) is 22.4 Å². The first kappa shape index (κ1) is 10.5. The van der Waals surface area contributed by atoms with Gasteiger partial charge in [0.2, 0.25) is 0 Å². The maximum Gasteiger partial charge on any atom is 0.0745 e. The van der Waals surface area contributed by atoms with E-state index in [1.807, 2.05) is 18.8 Å². The van der Waals surface area contributed by atoms with Crippen molar-refractivity contribution in [2.45, 2.75) is 6.42 Å². The molecular formula is C9H14BrN3. The van der Waals surface area contributed by atoms with Crippen molar-refractivity contribution in [3.63, 3.8) is 0 Å². The zero-order valence-electron chi connectivity index (χ0n) is 7.92. The van der Waals surface area contributed by atoms with Gasteiger partial charge in [0.15, 0.2) is 0 Å². The van der Waals surface area contributed by atoms with Gasteiger partial charge >= 0.3 is 0 Å². The molecule has 0 bridgehead atoms. The normalized spacial score (nSPS) is 11.3. The molecule has 1 aromatic rings. The second-order valence-corrected chi connectivity index (χ2v) is 3.65. The molecular weight excluding hydrogens is 230 g/mol. The molecule has 1 N–H and O–H groups in total. The Morgan fingerprint density at radius 1 is 1.69 bits per heavy atom. The number of halogens is 1. The number of nitrogens with one attached hydrogen (secondary N) is 1. The second kappa shape index (κ2) is 5.19. The highest BCUT2D eigenvalue weighted by atomic mass is 79.9. The predicted octanol–water partition coefficient (Wildman–Crippen LogP) is 1.81. The Morgan fingerprint density at radius 3 is 3.00 bits per heavy atom. The van der Waals surface area contributed by atoms with E-state index >= 15 is 0 Å². The smallest absolute Gasteiger partial charge is 0.0745 e. The molecule has 0 aromatic carbocycles. The Bertz CT molecular complexity index is 272. The van der Waals surface area contributed by atoms with Gasteiger partial charge in [0.05, 0.1) is 16.4 Å². The molecule has 0 fully saturated rings. The Balaban J connectivity index is 2.57. The van der Waals surface area contributed by atoms with Gasteiger partial charge in [-0.3, -0.25) is 4.68 Å². The largest absolute Gasteiger partial charge is 0.319 e. The van der Waals surface area contributed by atoms with E-state index < -0.39 is 0 Å². The molecule has 0 saturated carbocycles. The number of rotatable bonds is 4. The SMILES string of the molecule is CNCC/C=C/c1c(Br)cnn1C. The Labute approximate surface area is 87.0 Å². The standard InChI is InChI=1S/C9H14BrN3/c1-11-6-4-3-5-9-8(10)7-12-13(9)2/h3,5,7,11H,4,6H2,1-2H3/b5-3+. The van der Waals surface area contributed by atoms with Crippen LogP contribution in [0.2, 0.25) is 0 Å². The van der Waals surface area contributed by atoms with Gasteiger partial charge in [0, 0.05) is 7.05 Å². The van der Waals surface area contributed by atoms with Crippen LogP contribution in [0.1, 0.15) is 12.1 Å². The number of nitrogens with zero attached hydrogens (tertiary/aromatic N) is 2. The zero-order chi connectivity index (χ0) is 9.68. The fourth-order valence-corrected chi connectivity index (χ4v) is 1.51. The van der Waals surface area contributed by atoms with Crippen LogP contribution < -0.4 is 5.32 Å². The number of hydrogen-bond donors (Lipinski definition) is 1. The minimum absolute atomic E-state index is 1.01. The summed E-state index contributed by atoms with van der Waals surface area (Å²) in [6.07, 6.45) is 7.05. The highest BCUT2D eigenvalue weighted by molar-refractivity contribution is 9.10. The molecule has 0 aliphatic carbocycles. The third-order valence-corrected chi connectivity index (χ3v) is 2.39. The molecule has 0 saturated heterocycles. The molecule has 1 heterocycles. The van der Waals surface area contributed by atoms with Crippen molar-refractivity contribution in [3.8, 4) is 0 Å². The average molecular weight is 244 g/mol. The molecule has 0 radical (unpaired) electrons. The van der Waals surface area contributed by atoms with E-state index in [0.29, 0.717) is 0 Å². The van der Waals surface area contributed by atoms with Crippen LogP contribution in [0.4, 0.5) is 0 Å². The van der Waals surface area contributed by atoms with Crippen LogP contribution in [0.5, 0.6) is 0 Å². The minimum Gasteiger partial charge on any atom is -0.319 e. The third kappa shape index (κ3) is 2.97. The van der Waals surface area contributed by atoms with Gasteiger partial charge in [-0.15, -0.1) is 0 Å². The summed E-state index contributed by atoms with van der Waals surface area (Å²) in [6.45, 7) is 1.01. The van der Waals surface area contributed by atoms with E-state index in [2.05, 4.69) is 38.5 Å². The molecule has 0 atom stereocenters. The maximum atomic E-state index is 4.12. The molecule has 1 rings (SSSR count). The van der Waals surface area contributed by atoms with Gasteiger partial charge in [-0.25, -0.2) is 0 Å². The first-order chi connectivity index (χ1) is 6.25. The topological polar surface area (TPSA) is 29.9 Å². The van der Waals surface area contributed by atoms with E-state index in [0.717, 1.165) is 23.1 Å². The highest BCUT2D eigenvalue weighted by Crippen LogP contribution is 2.16. The van der Waals surface area contributed by atoms with Crippen LogP contribution >= 0.6 is 15.9 Å². The monoisotopic (exact) mass is 243 g/mol. The lowest BCUT2D eigenvalue weighted by Gasteiger charge is -1.95. The Hall–Kier alpha value is -0.610. The van der Waals surface area contributed by atoms with E-state index in [4.69, 9.17) is 0 Å². The van der Waals surface area contributed by atoms with Gasteiger partial charge in [-0.1, -0.05) is 6.08 Å². The molecule has 4 heteroatoms. The maximum absolute atomic E-state index is 4.12. The van der Waals surface area contributed by atoms with Crippen LogP contribution in [0.15, 0.2) is 16.7 Å². The number of aryl methyl sites for hydroxylation is 1. The molecule has 0 aliphatic heterocycles. The molecule has 13 heavy (non-hydrogen) atoms. The zero-order valence-corrected chi connectivity index (χ0v) is 9.50. The highest BCUT2D eigenvalue weighted by Gasteiger charge is 1.99. The summed E-state index contributed by atoms with van der Waals surface area (Å²) >= 11 is 3.44. The van der Waals surface area contributed by atoms with Crippen LogP contribution in [-0.4, -0.2) is 23.4 Å². The quantitative estimate of drug-likeness (QED) is 0.818. The van der Waals surface area contributed by atoms with Gasteiger partial charge in [-0.05, 0) is 42.0 Å². The fourth-order valence-electron chi connectivity index (χ4n) is 1.03. The minimum atomic E-state index is 1.01. The van der Waals surface area contributed by atoms with Crippen molar-refractivity contribution in [1.29, 1.82) is 0 Å². The molecule has 0 unspecified atom stereocenters. The molecule has 0 amide bonds. The van der Waals surface area contributed by atoms with Crippen LogP contribution in [0.25, 0.3) is 6.08 Å². The van der Waals surface area contributed by atoms with Crippen molar-refractivity contribution < 1.29 is 0 Å². The van der Waals surface area contributed by atoms with Crippen molar-refractivity contribution in [2.75, 3.05) is 13.6 Å². The summed E-state index contributed by atoms with van der Waals surface area (Å²) < 4.78 is 2.88. The Morgan fingerprint density at radius 2 is 2.46 bits per heavy atom. The van der Waals surface area contributed by atoms with Crippen LogP contribution in [0.3, 0.4) is 0 Å². The predicted molar refractivity (Wildman–Crippen MR) is 58.5 cm³/mol. The third-order valence-electron chi connectivity index (χ3n) is 1.77.